The molecule has 0 aromatic rings. The fraction of sp³-hybridized carbons (Fsp3) is 0.586. The first-order chi connectivity index (χ1) is 17.3. The molecule has 2 fully saturated rings. The third kappa shape index (κ3) is 5.10. The molecular weight excluding hydrogens is 470 g/mol. The number of hydrogen-bond donors (Lipinski definition) is 3. The Labute approximate surface area is 220 Å². The lowest BCUT2D eigenvalue weighted by Gasteiger charge is -2.53. The molecule has 0 bridgehead atoms. The fourth-order valence-electron chi connectivity index (χ4n) is 7.13. The quantitative estimate of drug-likeness (QED) is 0.223. The fourth-order valence-corrected chi connectivity index (χ4v) is 7.18. The maximum Gasteiger partial charge on any atom is 0.184 e. The van der Waals surface area contributed by atoms with E-state index < -0.39 is 5.60 Å². The molecule has 0 radical (unpaired) electrons. The third-order valence-electron chi connectivity index (χ3n) is 8.67. The summed E-state index contributed by atoms with van der Waals surface area (Å²) in [6.07, 6.45) is 15.9. The second-order valence-electron chi connectivity index (χ2n) is 10.4. The summed E-state index contributed by atoms with van der Waals surface area (Å²) in [5, 5.41) is 16.1. The van der Waals surface area contributed by atoms with Crippen molar-refractivity contribution in [2.45, 2.75) is 64.9 Å². The Morgan fingerprint density at radius 1 is 1.36 bits per heavy atom. The molecule has 36 heavy (non-hydrogen) atoms. The molecule has 3 aliphatic carbocycles. The van der Waals surface area contributed by atoms with Gasteiger partial charge in [0.25, 0.3) is 0 Å². The van der Waals surface area contributed by atoms with Crippen LogP contribution in [0.5, 0.6) is 0 Å². The molecule has 0 spiro atoms. The van der Waals surface area contributed by atoms with Crippen LogP contribution < -0.4 is 11.2 Å². The molecule has 5 atom stereocenters. The largest absolute Gasteiger partial charge is 0.377 e. The van der Waals surface area contributed by atoms with E-state index in [0.29, 0.717) is 31.8 Å². The maximum absolute atomic E-state index is 11.8. The number of aliphatic hydroxyl groups is 1. The van der Waals surface area contributed by atoms with E-state index in [1.54, 1.807) is 6.21 Å². The van der Waals surface area contributed by atoms with Gasteiger partial charge in [0.05, 0.1) is 13.2 Å². The average molecular weight is 510 g/mol. The molecule has 1 heterocycles. The molecule has 0 aromatic heterocycles. The zero-order chi connectivity index (χ0) is 25.8. The number of fused-ring (bicyclic) bond motifs is 3. The van der Waals surface area contributed by atoms with E-state index in [2.05, 4.69) is 60.5 Å². The Morgan fingerprint density at radius 3 is 2.92 bits per heavy atom. The van der Waals surface area contributed by atoms with Gasteiger partial charge < -0.3 is 20.3 Å². The topological polar surface area (TPSA) is 89.1 Å². The van der Waals surface area contributed by atoms with Gasteiger partial charge in [-0.25, -0.2) is 0 Å². The Balaban J connectivity index is 1.83. The molecule has 4 rings (SSSR count). The molecule has 7 heteroatoms. The molecule has 2 saturated carbocycles. The Morgan fingerprint density at radius 2 is 2.17 bits per heavy atom. The zero-order valence-corrected chi connectivity index (χ0v) is 22.5. The number of hydrogen-bond acceptors (Lipinski definition) is 5. The van der Waals surface area contributed by atoms with Crippen LogP contribution in [0, 0.1) is 35.0 Å². The lowest BCUT2D eigenvalue weighted by atomic mass is 9.51. The van der Waals surface area contributed by atoms with Crippen molar-refractivity contribution in [2.24, 2.45) is 34.0 Å². The Kier molecular flexibility index (Phi) is 8.52. The van der Waals surface area contributed by atoms with Gasteiger partial charge in [0.15, 0.2) is 5.11 Å². The number of allylic oxidation sites excluding steroid dienone is 6. The van der Waals surface area contributed by atoms with Gasteiger partial charge in [-0.3, -0.25) is 5.43 Å². The smallest absolute Gasteiger partial charge is 0.184 e. The first kappa shape index (κ1) is 26.8. The van der Waals surface area contributed by atoms with Crippen LogP contribution in [0.4, 0.5) is 0 Å². The number of nitrogens with two attached hydrogens (primary N) is 1. The molecule has 6 nitrogen and oxygen atoms in total. The van der Waals surface area contributed by atoms with Gasteiger partial charge in [0.2, 0.25) is 0 Å². The molecular formula is C29H39N3O3S. The monoisotopic (exact) mass is 509 g/mol. The van der Waals surface area contributed by atoms with E-state index in [0.717, 1.165) is 38.5 Å². The minimum atomic E-state index is -0.958. The molecule has 1 aliphatic heterocycles. The van der Waals surface area contributed by atoms with Gasteiger partial charge in [-0.2, -0.15) is 5.10 Å². The van der Waals surface area contributed by atoms with Crippen LogP contribution in [0.2, 0.25) is 0 Å². The first-order valence-corrected chi connectivity index (χ1v) is 13.4. The van der Waals surface area contributed by atoms with Gasteiger partial charge in [-0.05, 0) is 92.3 Å². The van der Waals surface area contributed by atoms with Crippen molar-refractivity contribution >= 4 is 23.5 Å². The first-order valence-electron chi connectivity index (χ1n) is 13.0. The Bertz CT molecular complexity index is 1080. The van der Waals surface area contributed by atoms with Gasteiger partial charge in [0.1, 0.15) is 12.4 Å². The molecule has 194 valence electrons. The van der Waals surface area contributed by atoms with Crippen LogP contribution in [0.15, 0.2) is 51.7 Å². The minimum absolute atomic E-state index is 0.156. The predicted molar refractivity (Wildman–Crippen MR) is 148 cm³/mol. The van der Waals surface area contributed by atoms with Crippen LogP contribution in [-0.2, 0) is 9.47 Å². The summed E-state index contributed by atoms with van der Waals surface area (Å²) in [5.74, 6) is 7.29. The number of nitrogens with one attached hydrogen (secondary N) is 1. The Hall–Kier alpha value is -2.24. The summed E-state index contributed by atoms with van der Waals surface area (Å²) < 4.78 is 11.2. The van der Waals surface area contributed by atoms with Crippen molar-refractivity contribution in [2.75, 3.05) is 20.0 Å². The van der Waals surface area contributed by atoms with Crippen LogP contribution in [-0.4, -0.2) is 42.0 Å². The van der Waals surface area contributed by atoms with Crippen LogP contribution in [0.25, 0.3) is 0 Å². The summed E-state index contributed by atoms with van der Waals surface area (Å²) in [4.78, 5) is 0. The standard InChI is InChI=1S/C29H39N3O3S/c1-4-13-29(33)14-10-25-23-9-8-21(11-15-31-32-27(30)36)22(5-2)26(23)24(18-28(25,29)3)20-7-6-16-34-19-35-17-12-20/h6-7,11-12,15,23-25,33H,5,8-10,14,16-19H2,1-3H3,(H3,30,32,36)/b7-6?,20-12?,21-11-,31-15+/t23-,24+,25-,28-,29-/m0/s1. The lowest BCUT2D eigenvalue weighted by Crippen LogP contribution is -2.51. The molecule has 0 unspecified atom stereocenters. The van der Waals surface area contributed by atoms with E-state index in [4.69, 9.17) is 27.4 Å². The summed E-state index contributed by atoms with van der Waals surface area (Å²) in [5.41, 5.74) is 12.4. The third-order valence-corrected chi connectivity index (χ3v) is 8.76. The van der Waals surface area contributed by atoms with Crippen LogP contribution in [0.3, 0.4) is 0 Å². The van der Waals surface area contributed by atoms with Crippen LogP contribution in [0.1, 0.15) is 59.3 Å². The summed E-state index contributed by atoms with van der Waals surface area (Å²) in [6.45, 7) is 7.68. The zero-order valence-electron chi connectivity index (χ0n) is 21.7. The van der Waals surface area contributed by atoms with Gasteiger partial charge in [-0.1, -0.05) is 43.6 Å². The van der Waals surface area contributed by atoms with E-state index in [9.17, 15) is 5.11 Å². The highest BCUT2D eigenvalue weighted by atomic mass is 32.1. The van der Waals surface area contributed by atoms with E-state index in [1.165, 1.54) is 22.3 Å². The summed E-state index contributed by atoms with van der Waals surface area (Å²) >= 11 is 4.86. The van der Waals surface area contributed by atoms with Crippen molar-refractivity contribution in [1.82, 2.24) is 5.43 Å². The van der Waals surface area contributed by atoms with Gasteiger partial charge in [-0.15, -0.1) is 5.92 Å². The highest BCUT2D eigenvalue weighted by Crippen LogP contribution is 2.65. The van der Waals surface area contributed by atoms with Crippen LogP contribution >= 0.6 is 12.2 Å². The average Bonchev–Trinajstić information content (AvgIpc) is 3.19. The molecule has 0 saturated heterocycles. The van der Waals surface area contributed by atoms with Gasteiger partial charge in [0, 0.05) is 17.5 Å². The van der Waals surface area contributed by atoms with Crippen molar-refractivity contribution in [3.63, 3.8) is 0 Å². The number of hydrazone groups is 1. The van der Waals surface area contributed by atoms with Gasteiger partial charge >= 0.3 is 0 Å². The molecule has 0 aromatic carbocycles. The summed E-state index contributed by atoms with van der Waals surface area (Å²) in [6, 6.07) is 0. The SMILES string of the molecule is CC#C[C@]1(O)CC[C@H]2[C@@H]3CC/C(=C/C=N/NC(N)=S)C(CC)=C3[C@@H](C3=CCOCOCC=C3)C[C@@]21C. The number of rotatable bonds is 4. The lowest BCUT2D eigenvalue weighted by molar-refractivity contribution is -0.0551. The number of ether oxygens (including phenoxy) is 2. The highest BCUT2D eigenvalue weighted by molar-refractivity contribution is 7.80. The van der Waals surface area contributed by atoms with E-state index in [-0.39, 0.29) is 16.4 Å². The summed E-state index contributed by atoms with van der Waals surface area (Å²) in [7, 11) is 0. The van der Waals surface area contributed by atoms with Crippen molar-refractivity contribution < 1.29 is 14.6 Å². The molecule has 4 N–H and O–H groups in total. The van der Waals surface area contributed by atoms with E-state index in [1.807, 2.05) is 6.92 Å². The second-order valence-corrected chi connectivity index (χ2v) is 10.8. The van der Waals surface area contributed by atoms with E-state index >= 15 is 0 Å². The molecule has 4 aliphatic rings. The number of thiocarbonyl (C=S) groups is 1. The second kappa shape index (κ2) is 11.4. The maximum atomic E-state index is 11.8. The minimum Gasteiger partial charge on any atom is -0.377 e. The highest BCUT2D eigenvalue weighted by Gasteiger charge is 2.62. The van der Waals surface area contributed by atoms with Crippen molar-refractivity contribution in [3.8, 4) is 11.8 Å². The predicted octanol–water partition coefficient (Wildman–Crippen LogP) is 4.53. The molecule has 0 amide bonds. The van der Waals surface area contributed by atoms with Crippen molar-refractivity contribution in [1.29, 1.82) is 0 Å². The van der Waals surface area contributed by atoms with Crippen molar-refractivity contribution in [3.05, 3.63) is 46.6 Å². The number of nitrogens with zero attached hydrogens (tertiary/aromatic N) is 1. The normalized spacial score (nSPS) is 35.7.